The molecule has 0 amide bonds. The first kappa shape index (κ1) is 8.95. The van der Waals surface area contributed by atoms with E-state index < -0.39 is 0 Å². The van der Waals surface area contributed by atoms with Gasteiger partial charge in [-0.3, -0.25) is 0 Å². The van der Waals surface area contributed by atoms with Gasteiger partial charge in [-0.15, -0.1) is 0 Å². The molecule has 0 aromatic heterocycles. The normalized spacial score (nSPS) is 31.2. The first-order valence-electron chi connectivity index (χ1n) is 3.46. The van der Waals surface area contributed by atoms with Crippen LogP contribution in [-0.2, 0) is 4.74 Å². The third kappa shape index (κ3) is 1.72. The molecule has 0 aliphatic carbocycles. The first-order valence-corrected chi connectivity index (χ1v) is 3.46. The molecule has 6 nitrogen and oxygen atoms in total. The molecule has 0 radical (unpaired) electrons. The van der Waals surface area contributed by atoms with Gasteiger partial charge in [-0.25, -0.2) is 0 Å². The van der Waals surface area contributed by atoms with Crippen LogP contribution in [0.15, 0.2) is 10.3 Å². The minimum Gasteiger partial charge on any atom is -0.411 e. The SMILES string of the molecule is OCC1CC(=N/O)/C(=N\O)CO1. The van der Waals surface area contributed by atoms with Crippen LogP contribution in [0.25, 0.3) is 0 Å². The maximum absolute atomic E-state index is 8.70. The number of rotatable bonds is 1. The lowest BCUT2D eigenvalue weighted by Gasteiger charge is -2.21. The smallest absolute Gasteiger partial charge is 0.130 e. The highest BCUT2D eigenvalue weighted by Gasteiger charge is 2.24. The molecule has 0 aromatic carbocycles. The molecule has 1 fully saturated rings. The van der Waals surface area contributed by atoms with Crippen LogP contribution in [0.1, 0.15) is 6.42 Å². The van der Waals surface area contributed by atoms with Crippen LogP contribution in [0.2, 0.25) is 0 Å². The second kappa shape index (κ2) is 4.03. The van der Waals surface area contributed by atoms with Gasteiger partial charge in [0.25, 0.3) is 0 Å². The van der Waals surface area contributed by atoms with Gasteiger partial charge in [0, 0.05) is 6.42 Å². The molecule has 1 aliphatic heterocycles. The summed E-state index contributed by atoms with van der Waals surface area (Å²) in [6, 6.07) is 0. The Morgan fingerprint density at radius 3 is 2.50 bits per heavy atom. The molecule has 0 spiro atoms. The molecule has 12 heavy (non-hydrogen) atoms. The fourth-order valence-corrected chi connectivity index (χ4v) is 0.975. The Kier molecular flexibility index (Phi) is 3.01. The van der Waals surface area contributed by atoms with Gasteiger partial charge < -0.3 is 20.3 Å². The predicted molar refractivity (Wildman–Crippen MR) is 39.9 cm³/mol. The summed E-state index contributed by atoms with van der Waals surface area (Å²) >= 11 is 0. The summed E-state index contributed by atoms with van der Waals surface area (Å²) in [7, 11) is 0. The molecule has 1 unspecified atom stereocenters. The summed E-state index contributed by atoms with van der Waals surface area (Å²) in [6.07, 6.45) is -0.117. The molecule has 68 valence electrons. The molecule has 6 heteroatoms. The van der Waals surface area contributed by atoms with E-state index >= 15 is 0 Å². The highest BCUT2D eigenvalue weighted by Crippen LogP contribution is 2.08. The molecule has 1 heterocycles. The maximum Gasteiger partial charge on any atom is 0.130 e. The minimum atomic E-state index is -0.374. The predicted octanol–water partition coefficient (Wildman–Crippen LogP) is -0.572. The fourth-order valence-electron chi connectivity index (χ4n) is 0.975. The highest BCUT2D eigenvalue weighted by atomic mass is 16.5. The van der Waals surface area contributed by atoms with Gasteiger partial charge in [0.05, 0.1) is 19.3 Å². The lowest BCUT2D eigenvalue weighted by molar-refractivity contribution is 0.0331. The number of hydrogen-bond acceptors (Lipinski definition) is 6. The van der Waals surface area contributed by atoms with Gasteiger partial charge in [0.1, 0.15) is 11.4 Å². The van der Waals surface area contributed by atoms with Crippen molar-refractivity contribution >= 4 is 11.4 Å². The average molecular weight is 174 g/mol. The van der Waals surface area contributed by atoms with E-state index in [9.17, 15) is 0 Å². The van der Waals surface area contributed by atoms with Gasteiger partial charge in [-0.1, -0.05) is 10.3 Å². The summed E-state index contributed by atoms with van der Waals surface area (Å²) in [6.45, 7) is -0.0845. The zero-order chi connectivity index (χ0) is 8.97. The monoisotopic (exact) mass is 174 g/mol. The van der Waals surface area contributed by atoms with Crippen LogP contribution >= 0.6 is 0 Å². The van der Waals surface area contributed by atoms with Crippen molar-refractivity contribution < 1.29 is 20.3 Å². The molecule has 0 bridgehead atoms. The summed E-state index contributed by atoms with van der Waals surface area (Å²) in [4.78, 5) is 0. The van der Waals surface area contributed by atoms with Crippen LogP contribution in [0.5, 0.6) is 0 Å². The Bertz CT molecular complexity index is 214. The first-order chi connectivity index (χ1) is 5.81. The van der Waals surface area contributed by atoms with E-state index in [1.54, 1.807) is 0 Å². The van der Waals surface area contributed by atoms with Crippen LogP contribution in [-0.4, -0.2) is 46.3 Å². The molecule has 1 rings (SSSR count). The number of aliphatic hydroxyl groups excluding tert-OH is 1. The Hall–Kier alpha value is -1.14. The van der Waals surface area contributed by atoms with E-state index in [0.717, 1.165) is 0 Å². The lowest BCUT2D eigenvalue weighted by Crippen LogP contribution is -2.36. The molecule has 0 saturated carbocycles. The van der Waals surface area contributed by atoms with Crippen molar-refractivity contribution in [3.63, 3.8) is 0 Å². The maximum atomic E-state index is 8.70. The van der Waals surface area contributed by atoms with Gasteiger partial charge in [-0.05, 0) is 0 Å². The van der Waals surface area contributed by atoms with Crippen molar-refractivity contribution in [2.24, 2.45) is 10.3 Å². The molecule has 0 aromatic rings. The van der Waals surface area contributed by atoms with Crippen molar-refractivity contribution in [2.45, 2.75) is 12.5 Å². The summed E-state index contributed by atoms with van der Waals surface area (Å²) in [5, 5.41) is 31.4. The third-order valence-corrected chi connectivity index (χ3v) is 1.65. The van der Waals surface area contributed by atoms with E-state index in [1.807, 2.05) is 0 Å². The van der Waals surface area contributed by atoms with Crippen molar-refractivity contribution in [3.8, 4) is 0 Å². The standard InChI is InChI=1S/C6H10N2O4/c9-2-4-1-5(7-10)6(8-11)3-12-4/h4,9-11H,1-3H2/b7-5-,8-6-. The molecule has 1 atom stereocenters. The van der Waals surface area contributed by atoms with Gasteiger partial charge in [-0.2, -0.15) is 0 Å². The number of oxime groups is 2. The second-order valence-electron chi connectivity index (χ2n) is 2.41. The zero-order valence-corrected chi connectivity index (χ0v) is 6.34. The number of nitrogens with zero attached hydrogens (tertiary/aromatic N) is 2. The average Bonchev–Trinajstić information content (AvgIpc) is 2.16. The van der Waals surface area contributed by atoms with Crippen molar-refractivity contribution in [1.82, 2.24) is 0 Å². The van der Waals surface area contributed by atoms with E-state index in [1.165, 1.54) is 0 Å². The topological polar surface area (TPSA) is 94.6 Å². The lowest BCUT2D eigenvalue weighted by atomic mass is 10.1. The van der Waals surface area contributed by atoms with Crippen molar-refractivity contribution in [3.05, 3.63) is 0 Å². The van der Waals surface area contributed by atoms with Crippen molar-refractivity contribution in [1.29, 1.82) is 0 Å². The summed E-state index contributed by atoms with van der Waals surface area (Å²) < 4.78 is 5.03. The quantitative estimate of drug-likeness (QED) is 0.366. The fraction of sp³-hybridized carbons (Fsp3) is 0.667. The van der Waals surface area contributed by atoms with Gasteiger partial charge in [0.15, 0.2) is 0 Å². The van der Waals surface area contributed by atoms with Crippen LogP contribution in [0.3, 0.4) is 0 Å². The largest absolute Gasteiger partial charge is 0.411 e. The Morgan fingerprint density at radius 1 is 1.33 bits per heavy atom. The second-order valence-corrected chi connectivity index (χ2v) is 2.41. The number of hydrogen-bond donors (Lipinski definition) is 3. The highest BCUT2D eigenvalue weighted by molar-refractivity contribution is 6.43. The zero-order valence-electron chi connectivity index (χ0n) is 6.34. The Morgan fingerprint density at radius 2 is 2.00 bits per heavy atom. The van der Waals surface area contributed by atoms with E-state index in [0.29, 0.717) is 0 Å². The van der Waals surface area contributed by atoms with E-state index in [-0.39, 0.29) is 37.2 Å². The Balaban J connectivity index is 2.67. The van der Waals surface area contributed by atoms with Crippen LogP contribution in [0.4, 0.5) is 0 Å². The molecule has 1 saturated heterocycles. The van der Waals surface area contributed by atoms with E-state index in [2.05, 4.69) is 10.3 Å². The minimum absolute atomic E-state index is 0.0567. The van der Waals surface area contributed by atoms with E-state index in [4.69, 9.17) is 20.3 Å². The summed E-state index contributed by atoms with van der Waals surface area (Å²) in [5.74, 6) is 0. The molecular formula is C6H10N2O4. The molecular weight excluding hydrogens is 164 g/mol. The number of aliphatic hydroxyl groups is 1. The molecule has 1 aliphatic rings. The summed E-state index contributed by atoms with van der Waals surface area (Å²) in [5.41, 5.74) is 0.449. The number of ether oxygens (including phenoxy) is 1. The third-order valence-electron chi connectivity index (χ3n) is 1.65. The van der Waals surface area contributed by atoms with Gasteiger partial charge >= 0.3 is 0 Å². The molecule has 3 N–H and O–H groups in total. The van der Waals surface area contributed by atoms with Crippen LogP contribution < -0.4 is 0 Å². The van der Waals surface area contributed by atoms with Crippen molar-refractivity contribution in [2.75, 3.05) is 13.2 Å². The van der Waals surface area contributed by atoms with Crippen LogP contribution in [0, 0.1) is 0 Å². The van der Waals surface area contributed by atoms with Gasteiger partial charge in [0.2, 0.25) is 0 Å². The Labute approximate surface area is 68.8 Å².